The summed E-state index contributed by atoms with van der Waals surface area (Å²) < 4.78 is 17.6. The first-order valence-electron chi connectivity index (χ1n) is 11.0. The van der Waals surface area contributed by atoms with Crippen LogP contribution in [0.4, 0.5) is 4.79 Å². The van der Waals surface area contributed by atoms with Gasteiger partial charge in [0, 0.05) is 19.1 Å². The second-order valence-electron chi connectivity index (χ2n) is 10.5. The van der Waals surface area contributed by atoms with Crippen LogP contribution in [0.1, 0.15) is 60.5 Å². The molecule has 3 rings (SSSR count). The Labute approximate surface area is 185 Å². The van der Waals surface area contributed by atoms with Gasteiger partial charge in [0.2, 0.25) is 5.91 Å². The van der Waals surface area contributed by atoms with Crippen LogP contribution in [0.25, 0.3) is 0 Å². The number of benzene rings is 1. The number of hydrogen-bond acceptors (Lipinski definition) is 5. The van der Waals surface area contributed by atoms with Crippen molar-refractivity contribution in [2.75, 3.05) is 13.1 Å². The van der Waals surface area contributed by atoms with Gasteiger partial charge >= 0.3 is 13.2 Å². The minimum Gasteiger partial charge on any atom is -0.444 e. The molecule has 2 aliphatic heterocycles. The molecular weight excluding hydrogens is 395 g/mol. The van der Waals surface area contributed by atoms with E-state index in [2.05, 4.69) is 5.32 Å². The summed E-state index contributed by atoms with van der Waals surface area (Å²) in [6.07, 6.45) is 0.681. The fourth-order valence-corrected chi connectivity index (χ4v) is 3.61. The maximum absolute atomic E-state index is 12.5. The summed E-state index contributed by atoms with van der Waals surface area (Å²) in [5.74, 6) is -0.0561. The van der Waals surface area contributed by atoms with Gasteiger partial charge in [0.1, 0.15) is 5.60 Å². The standard InChI is InChI=1S/C23H35BN2O5/c1-21(2,3)29-20(28)26-13-12-18(15-26)25-19(27)14-16-8-10-17(11-9-16)24-30-22(4,5)23(6,7)31-24/h8-11,18H,12-15H2,1-7H3,(H,25,27)/t18-/m0/s1. The van der Waals surface area contributed by atoms with Gasteiger partial charge in [-0.25, -0.2) is 4.79 Å². The van der Waals surface area contributed by atoms with Crippen molar-refractivity contribution in [2.24, 2.45) is 0 Å². The predicted octanol–water partition coefficient (Wildman–Crippen LogP) is 2.65. The van der Waals surface area contributed by atoms with Gasteiger partial charge in [0.05, 0.1) is 17.6 Å². The summed E-state index contributed by atoms with van der Waals surface area (Å²) in [5, 5.41) is 3.03. The highest BCUT2D eigenvalue weighted by molar-refractivity contribution is 6.62. The van der Waals surface area contributed by atoms with Crippen LogP contribution >= 0.6 is 0 Å². The molecule has 0 saturated carbocycles. The van der Waals surface area contributed by atoms with Crippen LogP contribution in [0, 0.1) is 0 Å². The van der Waals surface area contributed by atoms with Crippen LogP contribution in [0.3, 0.4) is 0 Å². The third-order valence-electron chi connectivity index (χ3n) is 6.07. The number of hydrogen-bond donors (Lipinski definition) is 1. The zero-order chi connectivity index (χ0) is 23.0. The number of nitrogens with zero attached hydrogens (tertiary/aromatic N) is 1. The predicted molar refractivity (Wildman–Crippen MR) is 120 cm³/mol. The lowest BCUT2D eigenvalue weighted by molar-refractivity contribution is -0.121. The van der Waals surface area contributed by atoms with E-state index in [4.69, 9.17) is 14.0 Å². The SMILES string of the molecule is CC(C)(C)OC(=O)N1CC[C@H](NC(=O)Cc2ccc(B3OC(C)(C)C(C)(C)O3)cc2)C1. The highest BCUT2D eigenvalue weighted by Gasteiger charge is 2.51. The van der Waals surface area contributed by atoms with E-state index in [9.17, 15) is 9.59 Å². The van der Waals surface area contributed by atoms with Crippen molar-refractivity contribution in [2.45, 2.75) is 84.2 Å². The van der Waals surface area contributed by atoms with Gasteiger partial charge in [-0.15, -0.1) is 0 Å². The van der Waals surface area contributed by atoms with Crippen molar-refractivity contribution in [3.8, 4) is 0 Å². The first kappa shape index (κ1) is 23.6. The molecule has 8 heteroatoms. The van der Waals surface area contributed by atoms with Crippen LogP contribution in [0.15, 0.2) is 24.3 Å². The molecule has 0 spiro atoms. The summed E-state index contributed by atoms with van der Waals surface area (Å²) in [5.41, 5.74) is 0.561. The Hall–Kier alpha value is -2.06. The number of carbonyl (C=O) groups excluding carboxylic acids is 2. The third kappa shape index (κ3) is 5.80. The Morgan fingerprint density at radius 2 is 1.71 bits per heavy atom. The smallest absolute Gasteiger partial charge is 0.444 e. The van der Waals surface area contributed by atoms with Crippen molar-refractivity contribution < 1.29 is 23.6 Å². The zero-order valence-electron chi connectivity index (χ0n) is 19.8. The molecular formula is C23H35BN2O5. The number of ether oxygens (including phenoxy) is 1. The molecule has 1 atom stereocenters. The molecule has 1 N–H and O–H groups in total. The van der Waals surface area contributed by atoms with Crippen LogP contribution in [-0.2, 0) is 25.3 Å². The van der Waals surface area contributed by atoms with Crippen molar-refractivity contribution in [1.82, 2.24) is 10.2 Å². The molecule has 2 saturated heterocycles. The van der Waals surface area contributed by atoms with Crippen LogP contribution in [-0.4, -0.2) is 60.0 Å². The number of rotatable bonds is 4. The van der Waals surface area contributed by atoms with Gasteiger partial charge in [0.25, 0.3) is 0 Å². The maximum Gasteiger partial charge on any atom is 0.494 e. The van der Waals surface area contributed by atoms with E-state index >= 15 is 0 Å². The largest absolute Gasteiger partial charge is 0.494 e. The van der Waals surface area contributed by atoms with Gasteiger partial charge in [-0.1, -0.05) is 24.3 Å². The Kier molecular flexibility index (Phi) is 6.45. The van der Waals surface area contributed by atoms with Crippen LogP contribution in [0.2, 0.25) is 0 Å². The fourth-order valence-electron chi connectivity index (χ4n) is 3.61. The number of amides is 2. The van der Waals surface area contributed by atoms with Gasteiger partial charge < -0.3 is 24.3 Å². The quantitative estimate of drug-likeness (QED) is 0.744. The Morgan fingerprint density at radius 3 is 2.26 bits per heavy atom. The number of nitrogens with one attached hydrogen (secondary N) is 1. The van der Waals surface area contributed by atoms with E-state index in [-0.39, 0.29) is 35.7 Å². The summed E-state index contributed by atoms with van der Waals surface area (Å²) >= 11 is 0. The van der Waals surface area contributed by atoms with Crippen molar-refractivity contribution in [3.05, 3.63) is 29.8 Å². The lowest BCUT2D eigenvalue weighted by atomic mass is 9.79. The molecule has 0 aromatic heterocycles. The van der Waals surface area contributed by atoms with Crippen molar-refractivity contribution >= 4 is 24.6 Å². The molecule has 0 unspecified atom stereocenters. The molecule has 7 nitrogen and oxygen atoms in total. The normalized spacial score (nSPS) is 22.5. The van der Waals surface area contributed by atoms with E-state index in [0.29, 0.717) is 13.1 Å². The second kappa shape index (κ2) is 8.47. The minimum absolute atomic E-state index is 0.0518. The average Bonchev–Trinajstić information content (AvgIpc) is 3.16. The molecule has 170 valence electrons. The lowest BCUT2D eigenvalue weighted by Gasteiger charge is -2.32. The highest BCUT2D eigenvalue weighted by atomic mass is 16.7. The van der Waals surface area contributed by atoms with Crippen molar-refractivity contribution in [1.29, 1.82) is 0 Å². The summed E-state index contributed by atoms with van der Waals surface area (Å²) in [7, 11) is -0.412. The minimum atomic E-state index is -0.523. The van der Waals surface area contributed by atoms with E-state index in [1.807, 2.05) is 72.7 Å². The lowest BCUT2D eigenvalue weighted by Crippen LogP contribution is -2.41. The van der Waals surface area contributed by atoms with Crippen LogP contribution < -0.4 is 10.8 Å². The van der Waals surface area contributed by atoms with E-state index < -0.39 is 12.7 Å². The third-order valence-corrected chi connectivity index (χ3v) is 6.07. The average molecular weight is 430 g/mol. The summed E-state index contributed by atoms with van der Waals surface area (Å²) in [6, 6.07) is 7.71. The monoisotopic (exact) mass is 430 g/mol. The summed E-state index contributed by atoms with van der Waals surface area (Å²) in [6.45, 7) is 14.7. The Balaban J connectivity index is 1.49. The molecule has 1 aromatic rings. The first-order valence-corrected chi connectivity index (χ1v) is 11.0. The van der Waals surface area contributed by atoms with Gasteiger partial charge in [0.15, 0.2) is 0 Å². The van der Waals surface area contributed by atoms with Gasteiger partial charge in [-0.3, -0.25) is 4.79 Å². The number of carbonyl (C=O) groups is 2. The highest BCUT2D eigenvalue weighted by Crippen LogP contribution is 2.36. The molecule has 31 heavy (non-hydrogen) atoms. The molecule has 2 amide bonds. The first-order chi connectivity index (χ1) is 14.3. The molecule has 1 aromatic carbocycles. The molecule has 0 radical (unpaired) electrons. The summed E-state index contributed by atoms with van der Waals surface area (Å²) in [4.78, 5) is 26.3. The van der Waals surface area contributed by atoms with E-state index in [0.717, 1.165) is 17.4 Å². The zero-order valence-corrected chi connectivity index (χ0v) is 19.8. The molecule has 2 fully saturated rings. The van der Waals surface area contributed by atoms with Crippen LogP contribution in [0.5, 0.6) is 0 Å². The van der Waals surface area contributed by atoms with Gasteiger partial charge in [-0.05, 0) is 65.9 Å². The topological polar surface area (TPSA) is 77.1 Å². The Bertz CT molecular complexity index is 800. The molecule has 0 bridgehead atoms. The van der Waals surface area contributed by atoms with Crippen molar-refractivity contribution in [3.63, 3.8) is 0 Å². The second-order valence-corrected chi connectivity index (χ2v) is 10.5. The van der Waals surface area contributed by atoms with E-state index in [1.54, 1.807) is 4.90 Å². The Morgan fingerprint density at radius 1 is 1.13 bits per heavy atom. The maximum atomic E-state index is 12.5. The molecule has 0 aliphatic carbocycles. The van der Waals surface area contributed by atoms with E-state index in [1.165, 1.54) is 0 Å². The molecule has 2 aliphatic rings. The number of likely N-dealkylation sites (tertiary alicyclic amines) is 1. The fraction of sp³-hybridized carbons (Fsp3) is 0.652. The molecule has 2 heterocycles. The van der Waals surface area contributed by atoms with Gasteiger partial charge in [-0.2, -0.15) is 0 Å².